The molecule has 2 saturated heterocycles. The molecule has 12 nitrogen and oxygen atoms in total. The highest BCUT2D eigenvalue weighted by atomic mass is 32.2. The molecule has 4 aliphatic rings. The molecule has 2 aromatic heterocycles. The van der Waals surface area contributed by atoms with Crippen molar-refractivity contribution in [2.24, 2.45) is 17.3 Å². The van der Waals surface area contributed by atoms with Gasteiger partial charge in [0.15, 0.2) is 0 Å². The Kier molecular flexibility index (Phi) is 11.0. The number of amides is 1. The maximum atomic E-state index is 14.5. The van der Waals surface area contributed by atoms with Crippen molar-refractivity contribution in [3.05, 3.63) is 99.8 Å². The topological polar surface area (TPSA) is 129 Å². The van der Waals surface area contributed by atoms with Crippen LogP contribution in [-0.4, -0.2) is 88.3 Å². The molecule has 2 aromatic carbocycles. The van der Waals surface area contributed by atoms with Gasteiger partial charge in [-0.05, 0) is 85.9 Å². The standard InChI is InChI=1S/C42H50FN7O5S/c1-27(2)16-29-6-10-34(19-38(29)50(52)53)56-46-41(51)35-11-7-30(17-39(35)55-33-18-36-37(43)23-45-40(36)44-22-33)49-25-42(26-49)20-31(21-42)48-14-12-47(13-15-48)24-28-4-8-32(54-3)9-5-28/h4-5,7-9,11,17-19,22-23,27,29,31,34H,6,10,12-16,20-21,24-26H2,1-3H3,(H,44,45)(H,46,51). The largest absolute Gasteiger partial charge is 0.497 e. The summed E-state index contributed by atoms with van der Waals surface area (Å²) in [5.41, 5.74) is 3.51. The van der Waals surface area contributed by atoms with Crippen LogP contribution in [0.25, 0.3) is 11.0 Å². The molecule has 1 spiro atoms. The first kappa shape index (κ1) is 38.2. The fourth-order valence-electron chi connectivity index (χ4n) is 9.01. The van der Waals surface area contributed by atoms with E-state index in [9.17, 15) is 19.3 Å². The molecule has 2 atom stereocenters. The molecule has 1 amide bonds. The molecular weight excluding hydrogens is 734 g/mol. The van der Waals surface area contributed by atoms with Crippen LogP contribution >= 0.6 is 11.9 Å². The highest BCUT2D eigenvalue weighted by Crippen LogP contribution is 2.52. The Morgan fingerprint density at radius 2 is 1.86 bits per heavy atom. The molecule has 4 aromatic rings. The molecule has 2 aliphatic carbocycles. The smallest absolute Gasteiger partial charge is 0.264 e. The number of hydrogen-bond donors (Lipinski definition) is 2. The lowest BCUT2D eigenvalue weighted by atomic mass is 9.60. The third-order valence-corrected chi connectivity index (χ3v) is 13.0. The van der Waals surface area contributed by atoms with Crippen molar-refractivity contribution in [3.8, 4) is 17.2 Å². The van der Waals surface area contributed by atoms with Gasteiger partial charge in [-0.1, -0.05) is 26.0 Å². The lowest BCUT2D eigenvalue weighted by Gasteiger charge is -2.62. The number of pyridine rings is 1. The molecule has 0 bridgehead atoms. The number of rotatable bonds is 13. The second-order valence-corrected chi connectivity index (χ2v) is 17.4. The Labute approximate surface area is 331 Å². The second-order valence-electron chi connectivity index (χ2n) is 16.4. The molecule has 296 valence electrons. The minimum absolute atomic E-state index is 0.0839. The van der Waals surface area contributed by atoms with E-state index in [-0.39, 0.29) is 27.7 Å². The number of H-pyrrole nitrogens is 1. The molecule has 4 heterocycles. The quantitative estimate of drug-likeness (QED) is 0.0793. The fourth-order valence-corrected chi connectivity index (χ4v) is 9.84. The van der Waals surface area contributed by atoms with Crippen molar-refractivity contribution in [2.75, 3.05) is 51.3 Å². The summed E-state index contributed by atoms with van der Waals surface area (Å²) in [6.07, 6.45) is 9.02. The number of aromatic nitrogens is 2. The number of hydrogen-bond acceptors (Lipinski definition) is 10. The minimum Gasteiger partial charge on any atom is -0.497 e. The molecule has 2 aliphatic heterocycles. The maximum Gasteiger partial charge on any atom is 0.264 e. The highest BCUT2D eigenvalue weighted by Gasteiger charge is 2.54. The average Bonchev–Trinajstić information content (AvgIpc) is 3.53. The van der Waals surface area contributed by atoms with Gasteiger partial charge in [-0.3, -0.25) is 29.4 Å². The Bertz CT molecular complexity index is 2090. The van der Waals surface area contributed by atoms with Crippen molar-refractivity contribution < 1.29 is 23.6 Å². The van der Waals surface area contributed by atoms with E-state index in [0.29, 0.717) is 51.9 Å². The van der Waals surface area contributed by atoms with E-state index in [1.54, 1.807) is 25.3 Å². The number of methoxy groups -OCH3 is 1. The predicted octanol–water partition coefficient (Wildman–Crippen LogP) is 7.65. The van der Waals surface area contributed by atoms with E-state index < -0.39 is 5.82 Å². The summed E-state index contributed by atoms with van der Waals surface area (Å²) >= 11 is 1.19. The third kappa shape index (κ3) is 8.23. The van der Waals surface area contributed by atoms with E-state index in [1.165, 1.54) is 42.7 Å². The molecule has 1 saturated carbocycles. The number of halogens is 1. The van der Waals surface area contributed by atoms with Crippen LogP contribution in [-0.2, 0) is 6.54 Å². The molecule has 8 rings (SSSR count). The number of nitrogens with one attached hydrogen (secondary N) is 2. The fraction of sp³-hybridized carbons (Fsp3) is 0.476. The Morgan fingerprint density at radius 1 is 1.09 bits per heavy atom. The lowest BCUT2D eigenvalue weighted by Crippen LogP contribution is -2.68. The number of nitro groups is 1. The van der Waals surface area contributed by atoms with Crippen molar-refractivity contribution in [1.82, 2.24) is 24.5 Å². The van der Waals surface area contributed by atoms with Gasteiger partial charge >= 0.3 is 0 Å². The summed E-state index contributed by atoms with van der Waals surface area (Å²) in [5.74, 6) is 0.990. The van der Waals surface area contributed by atoms with E-state index in [0.717, 1.165) is 70.1 Å². The molecule has 2 unspecified atom stereocenters. The van der Waals surface area contributed by atoms with Gasteiger partial charge in [0.25, 0.3) is 5.91 Å². The van der Waals surface area contributed by atoms with Crippen LogP contribution < -0.4 is 19.1 Å². The maximum absolute atomic E-state index is 14.5. The van der Waals surface area contributed by atoms with E-state index in [2.05, 4.69) is 55.4 Å². The summed E-state index contributed by atoms with van der Waals surface area (Å²) in [4.78, 5) is 40.0. The van der Waals surface area contributed by atoms with Gasteiger partial charge in [-0.25, -0.2) is 9.37 Å². The van der Waals surface area contributed by atoms with E-state index >= 15 is 0 Å². The van der Waals surface area contributed by atoms with E-state index in [1.807, 2.05) is 24.3 Å². The zero-order valence-electron chi connectivity index (χ0n) is 32.2. The van der Waals surface area contributed by atoms with Crippen LogP contribution in [0.2, 0.25) is 0 Å². The number of aromatic amines is 1. The van der Waals surface area contributed by atoms with Crippen LogP contribution in [0.15, 0.2) is 72.7 Å². The average molecular weight is 784 g/mol. The Hall–Kier alpha value is -4.66. The Balaban J connectivity index is 0.902. The molecule has 2 N–H and O–H groups in total. The summed E-state index contributed by atoms with van der Waals surface area (Å²) in [6, 6.07) is 16.1. The number of fused-ring (bicyclic) bond motifs is 1. The Morgan fingerprint density at radius 3 is 2.57 bits per heavy atom. The molecular formula is C42H50FN7O5S. The van der Waals surface area contributed by atoms with Crippen molar-refractivity contribution in [1.29, 1.82) is 0 Å². The van der Waals surface area contributed by atoms with Crippen LogP contribution in [0.3, 0.4) is 0 Å². The summed E-state index contributed by atoms with van der Waals surface area (Å²) in [5, 5.41) is 12.0. The number of benzene rings is 2. The summed E-state index contributed by atoms with van der Waals surface area (Å²) in [6.45, 7) is 11.3. The SMILES string of the molecule is COc1ccc(CN2CCN(C3CC4(C3)CN(c3ccc(C(=O)NSC5C=C([N+](=O)[O-])C(CC(C)C)CC5)c(Oc5cnc6[nH]cc(F)c6c5)c3)C4)CC2)cc1. The molecule has 0 radical (unpaired) electrons. The van der Waals surface area contributed by atoms with Crippen molar-refractivity contribution >= 4 is 34.6 Å². The van der Waals surface area contributed by atoms with Crippen LogP contribution in [0.1, 0.15) is 61.9 Å². The van der Waals surface area contributed by atoms with Crippen LogP contribution in [0, 0.1) is 33.2 Å². The number of allylic oxidation sites excluding steroid dienone is 1. The molecule has 3 fully saturated rings. The van der Waals surface area contributed by atoms with Gasteiger partial charge in [-0.2, -0.15) is 0 Å². The van der Waals surface area contributed by atoms with Crippen molar-refractivity contribution in [3.63, 3.8) is 0 Å². The number of anilines is 1. The normalized spacial score (nSPS) is 21.4. The van der Waals surface area contributed by atoms with Crippen LogP contribution in [0.5, 0.6) is 17.2 Å². The highest BCUT2D eigenvalue weighted by molar-refractivity contribution is 7.98. The lowest BCUT2D eigenvalue weighted by molar-refractivity contribution is -0.435. The van der Waals surface area contributed by atoms with Gasteiger partial charge in [0.1, 0.15) is 28.7 Å². The minimum atomic E-state index is -0.438. The van der Waals surface area contributed by atoms with Gasteiger partial charge in [0, 0.05) is 92.5 Å². The zero-order chi connectivity index (χ0) is 39.0. The summed E-state index contributed by atoms with van der Waals surface area (Å²) in [7, 11) is 1.69. The molecule has 14 heteroatoms. The van der Waals surface area contributed by atoms with E-state index in [4.69, 9.17) is 9.47 Å². The van der Waals surface area contributed by atoms with Gasteiger partial charge < -0.3 is 19.4 Å². The number of nitrogens with zero attached hydrogens (tertiary/aromatic N) is 5. The third-order valence-electron chi connectivity index (χ3n) is 12.0. The number of carbonyl (C=O) groups excluding carboxylic acids is 1. The monoisotopic (exact) mass is 783 g/mol. The predicted molar refractivity (Wildman–Crippen MR) is 216 cm³/mol. The number of ether oxygens (including phenoxy) is 2. The first-order valence-corrected chi connectivity index (χ1v) is 20.5. The molecule has 56 heavy (non-hydrogen) atoms. The van der Waals surface area contributed by atoms with Crippen molar-refractivity contribution in [2.45, 2.75) is 63.8 Å². The first-order chi connectivity index (χ1) is 27.0. The second kappa shape index (κ2) is 16.1. The van der Waals surface area contributed by atoms with Gasteiger partial charge in [0.2, 0.25) is 5.70 Å². The number of piperazine rings is 1. The summed E-state index contributed by atoms with van der Waals surface area (Å²) < 4.78 is 29.0. The first-order valence-electron chi connectivity index (χ1n) is 19.7. The van der Waals surface area contributed by atoms with Crippen LogP contribution in [0.4, 0.5) is 10.1 Å². The zero-order valence-corrected chi connectivity index (χ0v) is 33.0. The van der Waals surface area contributed by atoms with Gasteiger partial charge in [-0.15, -0.1) is 0 Å². The van der Waals surface area contributed by atoms with Gasteiger partial charge in [0.05, 0.1) is 29.2 Å². The number of carbonyl (C=O) groups is 1.